The highest BCUT2D eigenvalue weighted by Crippen LogP contribution is 2.36. The van der Waals surface area contributed by atoms with Crippen LogP contribution in [-0.2, 0) is 6.42 Å². The Morgan fingerprint density at radius 2 is 1.86 bits per heavy atom. The van der Waals surface area contributed by atoms with Crippen LogP contribution in [0.3, 0.4) is 0 Å². The quantitative estimate of drug-likeness (QED) is 0.874. The zero-order valence-electron chi connectivity index (χ0n) is 14.0. The van der Waals surface area contributed by atoms with E-state index in [-0.39, 0.29) is 11.1 Å². The highest BCUT2D eigenvalue weighted by atomic mass is 32.1. The van der Waals surface area contributed by atoms with E-state index in [2.05, 4.69) is 45.3 Å². The lowest BCUT2D eigenvalue weighted by atomic mass is 9.79. The maximum Gasteiger partial charge on any atom is 0.0900 e. The lowest BCUT2D eigenvalue weighted by Crippen LogP contribution is -2.61. The van der Waals surface area contributed by atoms with Gasteiger partial charge in [0.15, 0.2) is 0 Å². The number of nitrogens with zero attached hydrogens (tertiary/aromatic N) is 1. The van der Waals surface area contributed by atoms with Crippen molar-refractivity contribution in [1.29, 1.82) is 0 Å². The molecule has 0 saturated carbocycles. The van der Waals surface area contributed by atoms with E-state index in [1.165, 1.54) is 47.7 Å². The third-order valence-electron chi connectivity index (χ3n) is 4.68. The molecule has 1 aromatic rings. The molecule has 0 spiro atoms. The van der Waals surface area contributed by atoms with Crippen molar-refractivity contribution in [2.75, 3.05) is 0 Å². The molecule has 1 atom stereocenters. The highest BCUT2D eigenvalue weighted by Gasteiger charge is 2.39. The summed E-state index contributed by atoms with van der Waals surface area (Å²) in [6.07, 6.45) is 6.09. The van der Waals surface area contributed by atoms with E-state index in [1.807, 2.05) is 11.3 Å². The van der Waals surface area contributed by atoms with Gasteiger partial charge in [0.1, 0.15) is 0 Å². The Hall–Kier alpha value is -0.450. The summed E-state index contributed by atoms with van der Waals surface area (Å²) in [5.74, 6) is 0. The number of fused-ring (bicyclic) bond motifs is 1. The Balaban J connectivity index is 1.75. The molecule has 3 rings (SSSR count). The van der Waals surface area contributed by atoms with E-state index < -0.39 is 0 Å². The topological polar surface area (TPSA) is 37.0 Å². The normalized spacial score (nSPS) is 28.3. The van der Waals surface area contributed by atoms with Crippen LogP contribution < -0.4 is 10.6 Å². The van der Waals surface area contributed by atoms with E-state index in [9.17, 15) is 0 Å². The molecular weight excluding hydrogens is 278 g/mol. The van der Waals surface area contributed by atoms with Gasteiger partial charge < -0.3 is 10.6 Å². The maximum absolute atomic E-state index is 4.72. The predicted molar refractivity (Wildman–Crippen MR) is 90.0 cm³/mol. The lowest BCUT2D eigenvalue weighted by Gasteiger charge is -2.47. The van der Waals surface area contributed by atoms with Crippen molar-refractivity contribution in [1.82, 2.24) is 15.6 Å². The molecule has 2 heterocycles. The number of hydrogen-bond donors (Lipinski definition) is 2. The molecule has 0 radical (unpaired) electrons. The van der Waals surface area contributed by atoms with Crippen molar-refractivity contribution in [2.24, 2.45) is 0 Å². The molecule has 1 aromatic heterocycles. The fourth-order valence-electron chi connectivity index (χ4n) is 4.43. The first kappa shape index (κ1) is 15.4. The molecule has 0 bridgehead atoms. The number of hydrogen-bond acceptors (Lipinski definition) is 4. The summed E-state index contributed by atoms with van der Waals surface area (Å²) in [6, 6.07) is 1.12. The Bertz CT molecular complexity index is 502. The van der Waals surface area contributed by atoms with Gasteiger partial charge in [-0.15, -0.1) is 11.3 Å². The van der Waals surface area contributed by atoms with Gasteiger partial charge in [-0.05, 0) is 66.7 Å². The molecular formula is C17H29N3S. The lowest BCUT2D eigenvalue weighted by molar-refractivity contribution is 0.138. The summed E-state index contributed by atoms with van der Waals surface area (Å²) < 4.78 is 0. The van der Waals surface area contributed by atoms with Crippen molar-refractivity contribution in [3.05, 3.63) is 15.6 Å². The summed E-state index contributed by atoms with van der Waals surface area (Å²) in [7, 11) is 0. The van der Waals surface area contributed by atoms with E-state index in [0.717, 1.165) is 0 Å². The van der Waals surface area contributed by atoms with Gasteiger partial charge in [-0.2, -0.15) is 0 Å². The molecule has 0 aromatic carbocycles. The molecule has 1 saturated heterocycles. The number of piperidine rings is 1. The molecule has 2 N–H and O–H groups in total. The Labute approximate surface area is 132 Å². The second-order valence-electron chi connectivity index (χ2n) is 8.15. The summed E-state index contributed by atoms with van der Waals surface area (Å²) in [5, 5.41) is 8.96. The average molecular weight is 308 g/mol. The maximum atomic E-state index is 4.72. The molecule has 1 fully saturated rings. The third kappa shape index (κ3) is 3.49. The zero-order chi connectivity index (χ0) is 15.3. The molecule has 3 nitrogen and oxygen atoms in total. The monoisotopic (exact) mass is 307 g/mol. The van der Waals surface area contributed by atoms with Crippen molar-refractivity contribution < 1.29 is 0 Å². The molecule has 0 amide bonds. The van der Waals surface area contributed by atoms with Crippen LogP contribution in [0.15, 0.2) is 0 Å². The zero-order valence-corrected chi connectivity index (χ0v) is 14.9. The van der Waals surface area contributed by atoms with Gasteiger partial charge in [0.2, 0.25) is 0 Å². The fourth-order valence-corrected chi connectivity index (χ4v) is 5.49. The Morgan fingerprint density at radius 3 is 2.52 bits per heavy atom. The van der Waals surface area contributed by atoms with Gasteiger partial charge in [-0.25, -0.2) is 4.98 Å². The van der Waals surface area contributed by atoms with Gasteiger partial charge in [0.05, 0.1) is 10.7 Å². The molecule has 4 heteroatoms. The number of thiazole rings is 1. The van der Waals surface area contributed by atoms with Gasteiger partial charge >= 0.3 is 0 Å². The van der Waals surface area contributed by atoms with Crippen molar-refractivity contribution in [3.63, 3.8) is 0 Å². The van der Waals surface area contributed by atoms with Gasteiger partial charge in [0, 0.05) is 28.0 Å². The van der Waals surface area contributed by atoms with Crippen LogP contribution in [-0.4, -0.2) is 22.1 Å². The minimum Gasteiger partial charge on any atom is -0.307 e. The predicted octanol–water partition coefficient (Wildman–Crippen LogP) is 3.73. The smallest absolute Gasteiger partial charge is 0.0900 e. The molecule has 1 aliphatic heterocycles. The Morgan fingerprint density at radius 1 is 1.19 bits per heavy atom. The van der Waals surface area contributed by atoms with Crippen LogP contribution in [0.1, 0.15) is 75.0 Å². The minimum atomic E-state index is 0.209. The SMILES string of the molecule is Cc1nc2c(s1)C(NC1CC(C)(C)NC(C)(C)C1)CCC2. The van der Waals surface area contributed by atoms with Gasteiger partial charge in [-0.3, -0.25) is 0 Å². The second kappa shape index (κ2) is 5.32. The number of nitrogens with one attached hydrogen (secondary N) is 2. The number of aromatic nitrogens is 1. The summed E-state index contributed by atoms with van der Waals surface area (Å²) in [5.41, 5.74) is 1.77. The first-order valence-electron chi connectivity index (χ1n) is 8.26. The van der Waals surface area contributed by atoms with Crippen LogP contribution in [0.2, 0.25) is 0 Å². The van der Waals surface area contributed by atoms with Crippen molar-refractivity contribution >= 4 is 11.3 Å². The molecule has 1 aliphatic carbocycles. The first-order valence-corrected chi connectivity index (χ1v) is 9.07. The fraction of sp³-hybridized carbons (Fsp3) is 0.824. The molecule has 1 unspecified atom stereocenters. The highest BCUT2D eigenvalue weighted by molar-refractivity contribution is 7.11. The summed E-state index contributed by atoms with van der Waals surface area (Å²) in [4.78, 5) is 6.23. The van der Waals surface area contributed by atoms with Gasteiger partial charge in [0.25, 0.3) is 0 Å². The molecule has 2 aliphatic rings. The minimum absolute atomic E-state index is 0.209. The van der Waals surface area contributed by atoms with Crippen LogP contribution in [0.5, 0.6) is 0 Å². The largest absolute Gasteiger partial charge is 0.307 e. The van der Waals surface area contributed by atoms with Crippen LogP contribution in [0.25, 0.3) is 0 Å². The number of aryl methyl sites for hydroxylation is 2. The standard InChI is InChI=1S/C17H29N3S/c1-11-18-13-7-6-8-14(15(13)21-11)19-12-9-16(2,3)20-17(4,5)10-12/h12,14,19-20H,6-10H2,1-5H3. The van der Waals surface area contributed by atoms with Crippen LogP contribution in [0.4, 0.5) is 0 Å². The van der Waals surface area contributed by atoms with Gasteiger partial charge in [-0.1, -0.05) is 0 Å². The van der Waals surface area contributed by atoms with E-state index in [1.54, 1.807) is 0 Å². The van der Waals surface area contributed by atoms with Crippen molar-refractivity contribution in [2.45, 2.75) is 89.9 Å². The molecule has 118 valence electrons. The molecule has 21 heavy (non-hydrogen) atoms. The van der Waals surface area contributed by atoms with E-state index in [4.69, 9.17) is 4.98 Å². The van der Waals surface area contributed by atoms with E-state index >= 15 is 0 Å². The first-order chi connectivity index (χ1) is 9.74. The average Bonchev–Trinajstić information content (AvgIpc) is 2.66. The van der Waals surface area contributed by atoms with E-state index in [0.29, 0.717) is 12.1 Å². The number of rotatable bonds is 2. The van der Waals surface area contributed by atoms with Crippen LogP contribution >= 0.6 is 11.3 Å². The summed E-state index contributed by atoms with van der Waals surface area (Å²) in [6.45, 7) is 11.4. The summed E-state index contributed by atoms with van der Waals surface area (Å²) >= 11 is 1.90. The second-order valence-corrected chi connectivity index (χ2v) is 9.39. The third-order valence-corrected chi connectivity index (χ3v) is 5.81. The van der Waals surface area contributed by atoms with Crippen LogP contribution in [0, 0.1) is 6.92 Å². The van der Waals surface area contributed by atoms with Crippen molar-refractivity contribution in [3.8, 4) is 0 Å². The Kier molecular flexibility index (Phi) is 3.92.